The van der Waals surface area contributed by atoms with Gasteiger partial charge in [0.2, 0.25) is 15.9 Å². The molecule has 0 spiro atoms. The van der Waals surface area contributed by atoms with Crippen molar-refractivity contribution in [1.82, 2.24) is 24.5 Å². The van der Waals surface area contributed by atoms with Crippen molar-refractivity contribution in [2.45, 2.75) is 49.6 Å². The lowest BCUT2D eigenvalue weighted by Crippen LogP contribution is -2.57. The van der Waals surface area contributed by atoms with Gasteiger partial charge in [-0.05, 0) is 55.6 Å². The number of pyridine rings is 2. The molecule has 1 amide bonds. The fourth-order valence-electron chi connectivity index (χ4n) is 5.44. The summed E-state index contributed by atoms with van der Waals surface area (Å²) in [4.78, 5) is 24.3. The summed E-state index contributed by atoms with van der Waals surface area (Å²) in [5, 5.41) is 3.91. The summed E-state index contributed by atoms with van der Waals surface area (Å²) in [5.74, 6) is -0.229. The third kappa shape index (κ3) is 5.28. The molecule has 2 aliphatic heterocycles. The molecule has 2 saturated heterocycles. The van der Waals surface area contributed by atoms with Gasteiger partial charge in [-0.1, -0.05) is 31.0 Å². The molecule has 2 atom stereocenters. The van der Waals surface area contributed by atoms with Crippen molar-refractivity contribution < 1.29 is 13.2 Å². The summed E-state index contributed by atoms with van der Waals surface area (Å²) < 4.78 is 29.4. The Morgan fingerprint density at radius 2 is 1.75 bits per heavy atom. The number of aromatic nitrogens is 2. The van der Waals surface area contributed by atoms with E-state index in [1.807, 2.05) is 30.3 Å². The van der Waals surface area contributed by atoms with Crippen molar-refractivity contribution in [2.75, 3.05) is 26.2 Å². The monoisotopic (exact) mass is 507 g/mol. The van der Waals surface area contributed by atoms with E-state index in [1.165, 1.54) is 0 Å². The molecule has 190 valence electrons. The number of rotatable bonds is 4. The second kappa shape index (κ2) is 11.0. The minimum atomic E-state index is -3.80. The number of amides is 1. The van der Waals surface area contributed by atoms with E-state index in [9.17, 15) is 13.2 Å². The molecule has 0 radical (unpaired) electrons. The Morgan fingerprint density at radius 1 is 0.944 bits per heavy atom. The number of nitrogens with zero attached hydrogens (tertiary/aromatic N) is 4. The van der Waals surface area contributed by atoms with E-state index in [4.69, 9.17) is 0 Å². The number of nitrogens with one attached hydrogen (secondary N) is 1. The highest BCUT2D eigenvalue weighted by molar-refractivity contribution is 7.89. The smallest absolute Gasteiger partial charge is 0.245 e. The maximum Gasteiger partial charge on any atom is 0.245 e. The predicted molar refractivity (Wildman–Crippen MR) is 139 cm³/mol. The van der Waals surface area contributed by atoms with Gasteiger partial charge in [0.15, 0.2) is 0 Å². The van der Waals surface area contributed by atoms with Gasteiger partial charge in [0.05, 0.1) is 11.4 Å². The first-order valence-electron chi connectivity index (χ1n) is 12.8. The fourth-order valence-corrected chi connectivity index (χ4v) is 7.08. The van der Waals surface area contributed by atoms with Crippen LogP contribution in [-0.4, -0.2) is 65.7 Å². The molecule has 36 heavy (non-hydrogen) atoms. The van der Waals surface area contributed by atoms with Crippen LogP contribution in [0.1, 0.15) is 37.7 Å². The van der Waals surface area contributed by atoms with Crippen LogP contribution in [0, 0.1) is 5.92 Å². The zero-order valence-corrected chi connectivity index (χ0v) is 21.2. The van der Waals surface area contributed by atoms with E-state index >= 15 is 0 Å². The number of para-hydroxylation sites is 1. The van der Waals surface area contributed by atoms with E-state index in [2.05, 4.69) is 20.2 Å². The summed E-state index contributed by atoms with van der Waals surface area (Å²) in [5.41, 5.74) is 1.59. The molecule has 2 aromatic heterocycles. The minimum absolute atomic E-state index is 0.0329. The Labute approximate surface area is 212 Å². The van der Waals surface area contributed by atoms with Crippen LogP contribution < -0.4 is 5.32 Å². The molecule has 0 bridgehead atoms. The number of piperidine rings is 1. The van der Waals surface area contributed by atoms with Crippen LogP contribution in [0.3, 0.4) is 0 Å². The maximum atomic E-state index is 13.9. The van der Waals surface area contributed by atoms with Crippen LogP contribution in [0.5, 0.6) is 0 Å². The molecule has 3 aromatic rings. The van der Waals surface area contributed by atoms with Crippen LogP contribution >= 0.6 is 0 Å². The average molecular weight is 508 g/mol. The fraction of sp³-hybridized carbons (Fsp3) is 0.444. The normalized spacial score (nSPS) is 22.9. The molecule has 0 saturated carbocycles. The van der Waals surface area contributed by atoms with Gasteiger partial charge in [0, 0.05) is 56.2 Å². The van der Waals surface area contributed by atoms with Crippen molar-refractivity contribution >= 4 is 26.8 Å². The molecule has 8 nitrogen and oxygen atoms in total. The number of carbonyl (C=O) groups excluding carboxylic acids is 1. The highest BCUT2D eigenvalue weighted by Gasteiger charge is 2.42. The molecule has 9 heteroatoms. The van der Waals surface area contributed by atoms with Gasteiger partial charge >= 0.3 is 0 Å². The summed E-state index contributed by atoms with van der Waals surface area (Å²) in [7, 11) is -3.80. The Bertz CT molecular complexity index is 1300. The Morgan fingerprint density at radius 3 is 2.61 bits per heavy atom. The van der Waals surface area contributed by atoms with E-state index in [0.29, 0.717) is 31.6 Å². The number of hydrogen-bond donors (Lipinski definition) is 1. The maximum absolute atomic E-state index is 13.9. The number of hydrogen-bond acceptors (Lipinski definition) is 6. The first kappa shape index (κ1) is 24.8. The van der Waals surface area contributed by atoms with Crippen molar-refractivity contribution in [3.63, 3.8) is 0 Å². The van der Waals surface area contributed by atoms with Gasteiger partial charge < -0.3 is 5.32 Å². The Hall–Kier alpha value is -2.88. The molecule has 5 rings (SSSR count). The lowest BCUT2D eigenvalue weighted by molar-refractivity contribution is -0.129. The number of carbonyl (C=O) groups is 1. The first-order valence-corrected chi connectivity index (χ1v) is 14.2. The van der Waals surface area contributed by atoms with E-state index in [-0.39, 0.29) is 29.3 Å². The zero-order valence-electron chi connectivity index (χ0n) is 20.4. The number of sulfonamides is 1. The molecule has 2 aliphatic rings. The van der Waals surface area contributed by atoms with E-state index in [0.717, 1.165) is 43.2 Å². The van der Waals surface area contributed by atoms with Crippen LogP contribution in [0.4, 0.5) is 0 Å². The second-order valence-electron chi connectivity index (χ2n) is 9.69. The topological polar surface area (TPSA) is 95.5 Å². The Balaban J connectivity index is 1.49. The molecule has 1 N–H and O–H groups in total. The molecular weight excluding hydrogens is 474 g/mol. The van der Waals surface area contributed by atoms with E-state index in [1.54, 1.807) is 35.0 Å². The van der Waals surface area contributed by atoms with Crippen LogP contribution in [-0.2, 0) is 21.4 Å². The Kier molecular flexibility index (Phi) is 7.59. The largest absolute Gasteiger partial charge is 0.356 e. The predicted octanol–water partition coefficient (Wildman–Crippen LogP) is 3.20. The number of benzene rings is 1. The molecule has 2 unspecified atom stereocenters. The van der Waals surface area contributed by atoms with Gasteiger partial charge in [-0.3, -0.25) is 19.7 Å². The quantitative estimate of drug-likeness (QED) is 0.583. The summed E-state index contributed by atoms with van der Waals surface area (Å²) >= 11 is 0. The summed E-state index contributed by atoms with van der Waals surface area (Å²) in [6, 6.07) is 12.7. The second-order valence-corrected chi connectivity index (χ2v) is 11.6. The highest BCUT2D eigenvalue weighted by Crippen LogP contribution is 2.31. The number of fused-ring (bicyclic) bond motifs is 2. The van der Waals surface area contributed by atoms with Gasteiger partial charge in [-0.2, -0.15) is 4.31 Å². The van der Waals surface area contributed by atoms with Crippen molar-refractivity contribution in [3.05, 3.63) is 66.6 Å². The molecule has 1 aromatic carbocycles. The lowest BCUT2D eigenvalue weighted by Gasteiger charge is -2.43. The van der Waals surface area contributed by atoms with Gasteiger partial charge in [-0.25, -0.2) is 8.42 Å². The molecular formula is C27H33N5O3S. The van der Waals surface area contributed by atoms with Crippen molar-refractivity contribution in [3.8, 4) is 0 Å². The minimum Gasteiger partial charge on any atom is -0.356 e. The standard InChI is InChI=1S/C27H33N5O3S/c33-27-23-12-18-32(36(34,35)25-9-5-7-22-8-6-14-29-26(22)25)20-24(23)31(17-4-2-1-3-13-30-27)19-21-10-15-28-16-11-21/h5-11,14-16,23-24H,1-4,12-13,17-20H2,(H,30,33). The van der Waals surface area contributed by atoms with E-state index < -0.39 is 10.0 Å². The van der Waals surface area contributed by atoms with Crippen LogP contribution in [0.25, 0.3) is 10.9 Å². The molecule has 4 heterocycles. The average Bonchev–Trinajstić information content (AvgIpc) is 2.94. The van der Waals surface area contributed by atoms with Crippen LogP contribution in [0.2, 0.25) is 0 Å². The lowest BCUT2D eigenvalue weighted by atomic mass is 9.90. The summed E-state index contributed by atoms with van der Waals surface area (Å²) in [6.45, 7) is 2.73. The van der Waals surface area contributed by atoms with Crippen LogP contribution in [0.15, 0.2) is 66.0 Å². The zero-order chi connectivity index (χ0) is 25.0. The molecule has 2 fully saturated rings. The van der Waals surface area contributed by atoms with Crippen molar-refractivity contribution in [2.24, 2.45) is 5.92 Å². The summed E-state index contributed by atoms with van der Waals surface area (Å²) in [6.07, 6.45) is 9.81. The first-order chi connectivity index (χ1) is 17.5. The van der Waals surface area contributed by atoms with Crippen molar-refractivity contribution in [1.29, 1.82) is 0 Å². The third-order valence-corrected chi connectivity index (χ3v) is 9.27. The van der Waals surface area contributed by atoms with Gasteiger partial charge in [0.25, 0.3) is 0 Å². The third-order valence-electron chi connectivity index (χ3n) is 7.37. The molecule has 0 aliphatic carbocycles. The van der Waals surface area contributed by atoms with Gasteiger partial charge in [0.1, 0.15) is 4.90 Å². The highest BCUT2D eigenvalue weighted by atomic mass is 32.2. The SMILES string of the molecule is O=C1NCCCCCCN(Cc2ccncc2)C2CN(S(=O)(=O)c3cccc4cccnc34)CCC12. The van der Waals surface area contributed by atoms with Gasteiger partial charge in [-0.15, -0.1) is 0 Å².